The van der Waals surface area contributed by atoms with Crippen LogP contribution in [0.4, 0.5) is 0 Å². The van der Waals surface area contributed by atoms with Crippen LogP contribution in [0.25, 0.3) is 0 Å². The standard InChI is InChI=1S/C16H19N3O5/c1-10(20)4-5-11-6-8-12(9-7-11)13(21)18-16(2,14(22)17-3)15(23)19-24/h6-10,20,24H,1-3H3,(H,17,22)(H,18,21)(H,19,23). The third-order valence-electron chi connectivity index (χ3n) is 3.17. The van der Waals surface area contributed by atoms with Crippen molar-refractivity contribution in [1.29, 1.82) is 0 Å². The third kappa shape index (κ3) is 4.55. The third-order valence-corrected chi connectivity index (χ3v) is 3.17. The summed E-state index contributed by atoms with van der Waals surface area (Å²) in [4.78, 5) is 35.8. The second-order valence-electron chi connectivity index (χ2n) is 5.12. The van der Waals surface area contributed by atoms with Crippen molar-refractivity contribution in [2.75, 3.05) is 7.05 Å². The van der Waals surface area contributed by atoms with E-state index in [1.807, 2.05) is 0 Å². The maximum Gasteiger partial charge on any atom is 0.278 e. The normalized spacial score (nSPS) is 13.5. The molecule has 2 unspecified atom stereocenters. The van der Waals surface area contributed by atoms with Gasteiger partial charge in [0.05, 0.1) is 0 Å². The highest BCUT2D eigenvalue weighted by atomic mass is 16.5. The van der Waals surface area contributed by atoms with Gasteiger partial charge in [0.2, 0.25) is 0 Å². The Bertz CT molecular complexity index is 670. The van der Waals surface area contributed by atoms with Crippen LogP contribution < -0.4 is 16.1 Å². The SMILES string of the molecule is CNC(=O)C(C)(NC(=O)c1ccc(C#CC(C)O)cc1)C(=O)NO. The summed E-state index contributed by atoms with van der Waals surface area (Å²) in [7, 11) is 1.30. The van der Waals surface area contributed by atoms with Crippen molar-refractivity contribution >= 4 is 17.7 Å². The molecule has 2 atom stereocenters. The van der Waals surface area contributed by atoms with Gasteiger partial charge in [0.15, 0.2) is 5.54 Å². The maximum absolute atomic E-state index is 12.2. The molecule has 128 valence electrons. The van der Waals surface area contributed by atoms with E-state index in [2.05, 4.69) is 22.5 Å². The molecule has 0 fully saturated rings. The predicted octanol–water partition coefficient (Wildman–Crippen LogP) is -0.841. The number of aliphatic hydroxyl groups is 1. The molecule has 8 nitrogen and oxygen atoms in total. The van der Waals surface area contributed by atoms with Crippen molar-refractivity contribution in [2.45, 2.75) is 25.5 Å². The first kappa shape index (κ1) is 19.2. The molecule has 0 bridgehead atoms. The zero-order valence-corrected chi connectivity index (χ0v) is 13.5. The molecular formula is C16H19N3O5. The summed E-state index contributed by atoms with van der Waals surface area (Å²) in [5, 5.41) is 22.4. The van der Waals surface area contributed by atoms with Gasteiger partial charge in [-0.15, -0.1) is 0 Å². The van der Waals surface area contributed by atoms with Crippen LogP contribution >= 0.6 is 0 Å². The number of rotatable bonds is 4. The molecule has 0 aliphatic heterocycles. The summed E-state index contributed by atoms with van der Waals surface area (Å²) in [5.74, 6) is 2.74. The minimum absolute atomic E-state index is 0.193. The highest BCUT2D eigenvalue weighted by molar-refractivity contribution is 6.12. The van der Waals surface area contributed by atoms with Crippen molar-refractivity contribution in [3.05, 3.63) is 35.4 Å². The van der Waals surface area contributed by atoms with Gasteiger partial charge in [-0.3, -0.25) is 19.6 Å². The summed E-state index contributed by atoms with van der Waals surface area (Å²) in [6.07, 6.45) is -0.766. The Hall–Kier alpha value is -2.89. The molecule has 1 aromatic rings. The predicted molar refractivity (Wildman–Crippen MR) is 84.9 cm³/mol. The van der Waals surface area contributed by atoms with Crippen molar-refractivity contribution < 1.29 is 24.7 Å². The molecule has 8 heteroatoms. The van der Waals surface area contributed by atoms with Crippen LogP contribution in [0.2, 0.25) is 0 Å². The Balaban J connectivity index is 2.99. The Morgan fingerprint density at radius 3 is 2.21 bits per heavy atom. The molecule has 1 aromatic carbocycles. The molecule has 0 saturated heterocycles. The van der Waals surface area contributed by atoms with Gasteiger partial charge in [-0.1, -0.05) is 11.8 Å². The monoisotopic (exact) mass is 333 g/mol. The molecule has 0 aromatic heterocycles. The van der Waals surface area contributed by atoms with E-state index in [-0.39, 0.29) is 5.56 Å². The van der Waals surface area contributed by atoms with Crippen molar-refractivity contribution in [3.63, 3.8) is 0 Å². The highest BCUT2D eigenvalue weighted by Crippen LogP contribution is 2.09. The fourth-order valence-corrected chi connectivity index (χ4v) is 1.77. The Morgan fingerprint density at radius 1 is 1.17 bits per heavy atom. The Morgan fingerprint density at radius 2 is 1.75 bits per heavy atom. The zero-order valence-electron chi connectivity index (χ0n) is 13.5. The average Bonchev–Trinajstić information content (AvgIpc) is 2.58. The molecule has 24 heavy (non-hydrogen) atoms. The maximum atomic E-state index is 12.2. The van der Waals surface area contributed by atoms with Crippen molar-refractivity contribution in [3.8, 4) is 11.8 Å². The summed E-state index contributed by atoms with van der Waals surface area (Å²) in [5.41, 5.74) is 0.162. The van der Waals surface area contributed by atoms with E-state index in [1.165, 1.54) is 31.6 Å². The van der Waals surface area contributed by atoms with Crippen LogP contribution in [0, 0.1) is 11.8 Å². The highest BCUT2D eigenvalue weighted by Gasteiger charge is 2.42. The Kier molecular flexibility index (Phi) is 6.47. The number of hydrogen-bond acceptors (Lipinski definition) is 5. The van der Waals surface area contributed by atoms with E-state index in [9.17, 15) is 14.4 Å². The molecule has 0 radical (unpaired) electrons. The van der Waals surface area contributed by atoms with Crippen LogP contribution in [0.15, 0.2) is 24.3 Å². The van der Waals surface area contributed by atoms with E-state index in [1.54, 1.807) is 12.1 Å². The van der Waals surface area contributed by atoms with Gasteiger partial charge >= 0.3 is 0 Å². The quantitative estimate of drug-likeness (QED) is 0.212. The second-order valence-corrected chi connectivity index (χ2v) is 5.12. The number of hydrogen-bond donors (Lipinski definition) is 5. The van der Waals surface area contributed by atoms with Gasteiger partial charge in [0.1, 0.15) is 6.10 Å². The zero-order chi connectivity index (χ0) is 18.3. The topological polar surface area (TPSA) is 128 Å². The molecule has 3 amide bonds. The molecule has 0 heterocycles. The summed E-state index contributed by atoms with van der Waals surface area (Å²) in [6, 6.07) is 6.05. The molecule has 5 N–H and O–H groups in total. The molecule has 0 aliphatic carbocycles. The fourth-order valence-electron chi connectivity index (χ4n) is 1.77. The first-order valence-electron chi connectivity index (χ1n) is 7.03. The number of benzene rings is 1. The average molecular weight is 333 g/mol. The number of carbonyl (C=O) groups is 3. The van der Waals surface area contributed by atoms with Gasteiger partial charge in [0, 0.05) is 18.2 Å². The van der Waals surface area contributed by atoms with Crippen LogP contribution in [-0.4, -0.2) is 46.7 Å². The smallest absolute Gasteiger partial charge is 0.278 e. The summed E-state index contributed by atoms with van der Waals surface area (Å²) in [6.45, 7) is 2.69. The number of nitrogens with one attached hydrogen (secondary N) is 3. The molecule has 0 spiro atoms. The van der Waals surface area contributed by atoms with Crippen molar-refractivity contribution in [2.24, 2.45) is 0 Å². The van der Waals surface area contributed by atoms with Gasteiger partial charge < -0.3 is 15.7 Å². The number of carbonyl (C=O) groups excluding carboxylic acids is 3. The first-order valence-corrected chi connectivity index (χ1v) is 7.03. The van der Waals surface area contributed by atoms with Gasteiger partial charge in [-0.05, 0) is 38.1 Å². The largest absolute Gasteiger partial charge is 0.381 e. The molecule has 0 saturated carbocycles. The van der Waals surface area contributed by atoms with E-state index in [4.69, 9.17) is 10.3 Å². The number of aliphatic hydroxyl groups excluding tert-OH is 1. The van der Waals surface area contributed by atoms with Gasteiger partial charge in [-0.2, -0.15) is 0 Å². The summed E-state index contributed by atoms with van der Waals surface area (Å²) < 4.78 is 0. The molecule has 1 rings (SSSR count). The first-order chi connectivity index (χ1) is 11.2. The minimum Gasteiger partial charge on any atom is -0.381 e. The number of hydroxylamine groups is 1. The van der Waals surface area contributed by atoms with Crippen LogP contribution in [0.1, 0.15) is 29.8 Å². The lowest BCUT2D eigenvalue weighted by Gasteiger charge is -2.26. The van der Waals surface area contributed by atoms with Crippen LogP contribution in [-0.2, 0) is 9.59 Å². The van der Waals surface area contributed by atoms with Crippen LogP contribution in [0.5, 0.6) is 0 Å². The van der Waals surface area contributed by atoms with E-state index in [0.717, 1.165) is 6.92 Å². The summed E-state index contributed by atoms with van der Waals surface area (Å²) >= 11 is 0. The minimum atomic E-state index is -1.98. The lowest BCUT2D eigenvalue weighted by atomic mass is 9.99. The van der Waals surface area contributed by atoms with E-state index < -0.39 is 29.4 Å². The van der Waals surface area contributed by atoms with E-state index in [0.29, 0.717) is 5.56 Å². The van der Waals surface area contributed by atoms with E-state index >= 15 is 0 Å². The second kappa shape index (κ2) is 8.10. The number of amides is 3. The Labute approximate surface area is 139 Å². The lowest BCUT2D eigenvalue weighted by molar-refractivity contribution is -0.143. The number of likely N-dealkylation sites (N-methyl/N-ethyl adjacent to an activating group) is 1. The van der Waals surface area contributed by atoms with Crippen molar-refractivity contribution in [1.82, 2.24) is 16.1 Å². The van der Waals surface area contributed by atoms with Crippen LogP contribution in [0.3, 0.4) is 0 Å². The van der Waals surface area contributed by atoms with Gasteiger partial charge in [-0.25, -0.2) is 5.48 Å². The lowest BCUT2D eigenvalue weighted by Crippen LogP contribution is -2.64. The molecular weight excluding hydrogens is 314 g/mol. The van der Waals surface area contributed by atoms with Gasteiger partial charge in [0.25, 0.3) is 17.7 Å². The molecule has 0 aliphatic rings. The fraction of sp³-hybridized carbons (Fsp3) is 0.312.